The summed E-state index contributed by atoms with van der Waals surface area (Å²) < 4.78 is 5.57. The monoisotopic (exact) mass is 251 g/mol. The van der Waals surface area contributed by atoms with Gasteiger partial charge in [0.05, 0.1) is 5.56 Å². The Hall–Kier alpha value is -1.36. The number of hydrogen-bond acceptors (Lipinski definition) is 4. The van der Waals surface area contributed by atoms with Crippen molar-refractivity contribution in [3.05, 3.63) is 21.9 Å². The van der Waals surface area contributed by atoms with Gasteiger partial charge in [-0.3, -0.25) is 4.79 Å². The molecule has 0 unspecified atom stereocenters. The highest BCUT2D eigenvalue weighted by atomic mass is 32.1. The lowest BCUT2D eigenvalue weighted by Gasteiger charge is -2.14. The molecule has 1 amide bonds. The summed E-state index contributed by atoms with van der Waals surface area (Å²) in [7, 11) is 0. The average Bonchev–Trinajstić information content (AvgIpc) is 3.17. The van der Waals surface area contributed by atoms with Crippen molar-refractivity contribution in [2.45, 2.75) is 31.3 Å². The van der Waals surface area contributed by atoms with Gasteiger partial charge in [0.2, 0.25) is 5.91 Å². The van der Waals surface area contributed by atoms with Crippen LogP contribution in [0.1, 0.15) is 45.7 Å². The summed E-state index contributed by atoms with van der Waals surface area (Å²) in [6.45, 7) is 0. The quantitative estimate of drug-likeness (QED) is 0.831. The Balaban J connectivity index is 1.71. The van der Waals surface area contributed by atoms with Crippen LogP contribution in [0.25, 0.3) is 0 Å². The molecule has 2 N–H and O–H groups in total. The zero-order chi connectivity index (χ0) is 12.0. The largest absolute Gasteiger partial charge is 0.455 e. The SMILES string of the molecule is NC(=O)c1csc(C(=O)OC2(C3CC3)CC2)c1. The van der Waals surface area contributed by atoms with Gasteiger partial charge < -0.3 is 10.5 Å². The van der Waals surface area contributed by atoms with Gasteiger partial charge in [0.25, 0.3) is 0 Å². The lowest BCUT2D eigenvalue weighted by molar-refractivity contribution is 0.0166. The number of esters is 1. The van der Waals surface area contributed by atoms with Crippen LogP contribution in [-0.2, 0) is 4.74 Å². The van der Waals surface area contributed by atoms with Crippen LogP contribution in [0.4, 0.5) is 0 Å². The first-order valence-corrected chi connectivity index (χ1v) is 6.60. The van der Waals surface area contributed by atoms with Crippen LogP contribution in [0.3, 0.4) is 0 Å². The van der Waals surface area contributed by atoms with Crippen molar-refractivity contribution in [1.82, 2.24) is 0 Å². The third-order valence-corrected chi connectivity index (χ3v) is 4.36. The molecule has 0 atom stereocenters. The minimum Gasteiger partial charge on any atom is -0.455 e. The molecule has 0 saturated heterocycles. The summed E-state index contributed by atoms with van der Waals surface area (Å²) in [4.78, 5) is 23.3. The molecule has 2 saturated carbocycles. The molecule has 5 heteroatoms. The van der Waals surface area contributed by atoms with Crippen LogP contribution in [-0.4, -0.2) is 17.5 Å². The van der Waals surface area contributed by atoms with Crippen LogP contribution >= 0.6 is 11.3 Å². The van der Waals surface area contributed by atoms with Crippen LogP contribution in [0.15, 0.2) is 11.4 Å². The molecule has 0 bridgehead atoms. The minimum absolute atomic E-state index is 0.173. The van der Waals surface area contributed by atoms with Gasteiger partial charge in [0.15, 0.2) is 0 Å². The Morgan fingerprint density at radius 1 is 1.41 bits per heavy atom. The highest BCUT2D eigenvalue weighted by Crippen LogP contribution is 2.56. The molecule has 0 radical (unpaired) electrons. The van der Waals surface area contributed by atoms with Crippen LogP contribution in [0.5, 0.6) is 0 Å². The molecule has 2 fully saturated rings. The van der Waals surface area contributed by atoms with E-state index >= 15 is 0 Å². The number of hydrogen-bond donors (Lipinski definition) is 1. The van der Waals surface area contributed by atoms with Crippen LogP contribution in [0, 0.1) is 5.92 Å². The normalized spacial score (nSPS) is 20.9. The van der Waals surface area contributed by atoms with E-state index in [1.54, 1.807) is 5.38 Å². The van der Waals surface area contributed by atoms with E-state index in [9.17, 15) is 9.59 Å². The number of nitrogens with two attached hydrogens (primary N) is 1. The molecule has 90 valence electrons. The molecule has 0 aliphatic heterocycles. The topological polar surface area (TPSA) is 69.4 Å². The average molecular weight is 251 g/mol. The van der Waals surface area contributed by atoms with Crippen molar-refractivity contribution in [2.24, 2.45) is 11.7 Å². The second-order valence-corrected chi connectivity index (χ2v) is 5.70. The van der Waals surface area contributed by atoms with Crippen LogP contribution in [0.2, 0.25) is 0 Å². The molecule has 1 aromatic rings. The van der Waals surface area contributed by atoms with Gasteiger partial charge in [-0.1, -0.05) is 0 Å². The second kappa shape index (κ2) is 3.57. The predicted octanol–water partition coefficient (Wildman–Crippen LogP) is 1.95. The summed E-state index contributed by atoms with van der Waals surface area (Å²) in [5.74, 6) is -0.252. The Labute approximate surface area is 103 Å². The van der Waals surface area contributed by atoms with E-state index in [0.717, 1.165) is 12.8 Å². The number of thiophene rings is 1. The maximum atomic E-state index is 11.9. The smallest absolute Gasteiger partial charge is 0.348 e. The van der Waals surface area contributed by atoms with E-state index < -0.39 is 5.91 Å². The number of rotatable bonds is 4. The van der Waals surface area contributed by atoms with Gasteiger partial charge in [-0.2, -0.15) is 0 Å². The lowest BCUT2D eigenvalue weighted by Crippen LogP contribution is -2.21. The molecule has 1 aromatic heterocycles. The summed E-state index contributed by atoms with van der Waals surface area (Å²) in [5.41, 5.74) is 5.34. The molecule has 4 nitrogen and oxygen atoms in total. The van der Waals surface area contributed by atoms with E-state index in [0.29, 0.717) is 16.4 Å². The Morgan fingerprint density at radius 2 is 2.12 bits per heavy atom. The number of ether oxygens (including phenoxy) is 1. The van der Waals surface area contributed by atoms with Gasteiger partial charge >= 0.3 is 5.97 Å². The Kier molecular flexibility index (Phi) is 2.26. The zero-order valence-electron chi connectivity index (χ0n) is 9.27. The molecule has 0 aromatic carbocycles. The van der Waals surface area contributed by atoms with Crippen molar-refractivity contribution in [1.29, 1.82) is 0 Å². The molecular formula is C12H13NO3S. The second-order valence-electron chi connectivity index (χ2n) is 4.79. The van der Waals surface area contributed by atoms with Crippen molar-refractivity contribution in [3.8, 4) is 0 Å². The maximum Gasteiger partial charge on any atom is 0.348 e. The summed E-state index contributed by atoms with van der Waals surface area (Å²) in [6, 6.07) is 1.51. The molecular weight excluding hydrogens is 238 g/mol. The fourth-order valence-electron chi connectivity index (χ4n) is 2.13. The van der Waals surface area contributed by atoms with Gasteiger partial charge in [0, 0.05) is 5.38 Å². The molecule has 2 aliphatic rings. The van der Waals surface area contributed by atoms with Crippen molar-refractivity contribution >= 4 is 23.2 Å². The fourth-order valence-corrected chi connectivity index (χ4v) is 2.90. The maximum absolute atomic E-state index is 11.9. The van der Waals surface area contributed by atoms with E-state index in [1.807, 2.05) is 0 Å². The highest BCUT2D eigenvalue weighted by Gasteiger charge is 2.57. The van der Waals surface area contributed by atoms with Gasteiger partial charge in [-0.15, -0.1) is 11.3 Å². The fraction of sp³-hybridized carbons (Fsp3) is 0.500. The first-order valence-electron chi connectivity index (χ1n) is 5.72. The first-order chi connectivity index (χ1) is 8.11. The van der Waals surface area contributed by atoms with Crippen molar-refractivity contribution < 1.29 is 14.3 Å². The predicted molar refractivity (Wildman–Crippen MR) is 62.9 cm³/mol. The number of carbonyl (C=O) groups excluding carboxylic acids is 2. The van der Waals surface area contributed by atoms with Gasteiger partial charge in [0.1, 0.15) is 10.5 Å². The van der Waals surface area contributed by atoms with Gasteiger partial charge in [-0.25, -0.2) is 4.79 Å². The van der Waals surface area contributed by atoms with E-state index in [4.69, 9.17) is 10.5 Å². The van der Waals surface area contributed by atoms with E-state index in [1.165, 1.54) is 30.2 Å². The molecule has 0 spiro atoms. The summed E-state index contributed by atoms with van der Waals surface area (Å²) in [6.07, 6.45) is 4.31. The standard InChI is InChI=1S/C12H13NO3S/c13-10(14)7-5-9(17-6-7)11(15)16-12(3-4-12)8-1-2-8/h5-6,8H,1-4H2,(H2,13,14). The molecule has 1 heterocycles. The third-order valence-electron chi connectivity index (χ3n) is 3.45. The zero-order valence-corrected chi connectivity index (χ0v) is 10.1. The summed E-state index contributed by atoms with van der Waals surface area (Å²) in [5, 5.41) is 1.59. The van der Waals surface area contributed by atoms with Crippen molar-refractivity contribution in [2.75, 3.05) is 0 Å². The Morgan fingerprint density at radius 3 is 2.59 bits per heavy atom. The van der Waals surface area contributed by atoms with E-state index in [2.05, 4.69) is 0 Å². The van der Waals surface area contributed by atoms with Gasteiger partial charge in [-0.05, 0) is 37.7 Å². The van der Waals surface area contributed by atoms with Crippen LogP contribution < -0.4 is 5.73 Å². The Bertz CT molecular complexity index is 486. The number of amides is 1. The minimum atomic E-state index is -0.511. The first kappa shape index (κ1) is 10.8. The molecule has 2 aliphatic carbocycles. The highest BCUT2D eigenvalue weighted by molar-refractivity contribution is 7.12. The third kappa shape index (κ3) is 1.95. The summed E-state index contributed by atoms with van der Waals surface area (Å²) >= 11 is 1.21. The van der Waals surface area contributed by atoms with E-state index in [-0.39, 0.29) is 11.6 Å². The lowest BCUT2D eigenvalue weighted by atomic mass is 10.2. The molecule has 17 heavy (non-hydrogen) atoms. The van der Waals surface area contributed by atoms with Crippen molar-refractivity contribution in [3.63, 3.8) is 0 Å². The number of primary amides is 1. The number of carbonyl (C=O) groups is 2. The molecule has 3 rings (SSSR count).